The van der Waals surface area contributed by atoms with Gasteiger partial charge < -0.3 is 9.88 Å². The second kappa shape index (κ2) is 9.30. The SMILES string of the molecule is CCCCCn1c(SCC(=O)NN2C(=O)NC3(CCCCC3)C2=O)nc2ccccc21. The smallest absolute Gasteiger partial charge is 0.322 e. The van der Waals surface area contributed by atoms with Crippen LogP contribution < -0.4 is 10.7 Å². The number of rotatable bonds is 8. The summed E-state index contributed by atoms with van der Waals surface area (Å²) in [4.78, 5) is 42.4. The molecule has 0 radical (unpaired) electrons. The van der Waals surface area contributed by atoms with E-state index in [1.54, 1.807) is 0 Å². The number of nitrogens with one attached hydrogen (secondary N) is 2. The number of aromatic nitrogens is 2. The Balaban J connectivity index is 1.41. The molecule has 1 aromatic heterocycles. The van der Waals surface area contributed by atoms with Gasteiger partial charge in [-0.25, -0.2) is 9.78 Å². The molecular weight excluding hydrogens is 414 g/mol. The van der Waals surface area contributed by atoms with Gasteiger partial charge in [-0.2, -0.15) is 5.01 Å². The summed E-state index contributed by atoms with van der Waals surface area (Å²) in [7, 11) is 0. The van der Waals surface area contributed by atoms with Gasteiger partial charge >= 0.3 is 6.03 Å². The standard InChI is InChI=1S/C22H29N5O3S/c1-2-3-9-14-26-17-11-6-5-10-16(17)23-21(26)31-15-18(28)25-27-19(29)22(24-20(27)30)12-7-4-8-13-22/h5-6,10-11H,2-4,7-9,12-15H2,1H3,(H,24,30)(H,25,28). The third-order valence-electron chi connectivity index (χ3n) is 6.04. The van der Waals surface area contributed by atoms with E-state index in [0.29, 0.717) is 12.8 Å². The summed E-state index contributed by atoms with van der Waals surface area (Å²) < 4.78 is 2.15. The Hall–Kier alpha value is -2.55. The molecule has 9 heteroatoms. The average molecular weight is 444 g/mol. The molecule has 2 aromatic rings. The van der Waals surface area contributed by atoms with E-state index in [-0.39, 0.29) is 11.7 Å². The topological polar surface area (TPSA) is 96.3 Å². The highest BCUT2D eigenvalue weighted by atomic mass is 32.2. The molecular formula is C22H29N5O3S. The lowest BCUT2D eigenvalue weighted by Crippen LogP contribution is -2.51. The first kappa shape index (κ1) is 21.7. The Morgan fingerprint density at radius 2 is 1.97 bits per heavy atom. The number of imidazole rings is 1. The Bertz CT molecular complexity index is 983. The van der Waals surface area contributed by atoms with E-state index < -0.39 is 17.5 Å². The number of unbranched alkanes of at least 4 members (excludes halogenated alkanes) is 2. The van der Waals surface area contributed by atoms with Crippen LogP contribution in [0.25, 0.3) is 11.0 Å². The van der Waals surface area contributed by atoms with Crippen molar-refractivity contribution in [1.82, 2.24) is 25.3 Å². The number of nitrogens with zero attached hydrogens (tertiary/aromatic N) is 3. The van der Waals surface area contributed by atoms with Crippen molar-refractivity contribution in [2.45, 2.75) is 75.5 Å². The van der Waals surface area contributed by atoms with Crippen LogP contribution in [0.3, 0.4) is 0 Å². The molecule has 4 rings (SSSR count). The normalized spacial score (nSPS) is 18.0. The molecule has 2 N–H and O–H groups in total. The minimum Gasteiger partial charge on any atom is -0.322 e. The fourth-order valence-corrected chi connectivity index (χ4v) is 5.24. The number of hydrogen-bond donors (Lipinski definition) is 2. The number of thioether (sulfide) groups is 1. The summed E-state index contributed by atoms with van der Waals surface area (Å²) in [6, 6.07) is 7.39. The van der Waals surface area contributed by atoms with Crippen molar-refractivity contribution in [2.24, 2.45) is 0 Å². The molecule has 1 saturated carbocycles. The zero-order chi connectivity index (χ0) is 21.8. The van der Waals surface area contributed by atoms with Crippen LogP contribution in [0, 0.1) is 0 Å². The third kappa shape index (κ3) is 4.42. The summed E-state index contributed by atoms with van der Waals surface area (Å²) in [5.41, 5.74) is 3.61. The lowest BCUT2D eigenvalue weighted by atomic mass is 9.82. The van der Waals surface area contributed by atoms with E-state index in [1.165, 1.54) is 11.8 Å². The summed E-state index contributed by atoms with van der Waals surface area (Å²) in [5, 5.41) is 4.43. The molecule has 8 nitrogen and oxygen atoms in total. The highest BCUT2D eigenvalue weighted by molar-refractivity contribution is 7.99. The number of hydrazine groups is 1. The predicted molar refractivity (Wildman–Crippen MR) is 119 cm³/mol. The lowest BCUT2D eigenvalue weighted by molar-refractivity contribution is -0.139. The molecule has 0 bridgehead atoms. The number of fused-ring (bicyclic) bond motifs is 1. The monoisotopic (exact) mass is 443 g/mol. The van der Waals surface area contributed by atoms with E-state index in [1.807, 2.05) is 24.3 Å². The van der Waals surface area contributed by atoms with Gasteiger partial charge in [-0.15, -0.1) is 0 Å². The van der Waals surface area contributed by atoms with Crippen LogP contribution in [0.15, 0.2) is 29.4 Å². The van der Waals surface area contributed by atoms with Gasteiger partial charge in [-0.1, -0.05) is 62.9 Å². The number of carbonyl (C=O) groups is 3. The zero-order valence-corrected chi connectivity index (χ0v) is 18.7. The first-order chi connectivity index (χ1) is 15.0. The quantitative estimate of drug-likeness (QED) is 0.369. The van der Waals surface area contributed by atoms with Crippen LogP contribution >= 0.6 is 11.8 Å². The molecule has 0 unspecified atom stereocenters. The van der Waals surface area contributed by atoms with Crippen LogP contribution in [0.4, 0.5) is 4.79 Å². The van der Waals surface area contributed by atoms with Crippen LogP contribution in [-0.2, 0) is 16.1 Å². The summed E-state index contributed by atoms with van der Waals surface area (Å²) in [5.74, 6) is -0.669. The highest BCUT2D eigenvalue weighted by Crippen LogP contribution is 2.33. The first-order valence-electron chi connectivity index (χ1n) is 11.1. The maximum atomic E-state index is 12.8. The van der Waals surface area contributed by atoms with E-state index in [2.05, 4.69) is 27.2 Å². The van der Waals surface area contributed by atoms with Gasteiger partial charge in [0.1, 0.15) is 5.54 Å². The molecule has 2 aliphatic rings. The highest BCUT2D eigenvalue weighted by Gasteiger charge is 2.52. The molecule has 1 spiro atoms. The Morgan fingerprint density at radius 3 is 2.74 bits per heavy atom. The van der Waals surface area contributed by atoms with E-state index in [4.69, 9.17) is 0 Å². The minimum absolute atomic E-state index is 0.0706. The van der Waals surface area contributed by atoms with Crippen molar-refractivity contribution in [2.75, 3.05) is 5.75 Å². The van der Waals surface area contributed by atoms with Gasteiger partial charge in [0, 0.05) is 6.54 Å². The minimum atomic E-state index is -0.844. The Morgan fingerprint density at radius 1 is 1.19 bits per heavy atom. The van der Waals surface area contributed by atoms with Crippen molar-refractivity contribution in [3.8, 4) is 0 Å². The number of hydrogen-bond acceptors (Lipinski definition) is 5. The van der Waals surface area contributed by atoms with Crippen molar-refractivity contribution < 1.29 is 14.4 Å². The summed E-state index contributed by atoms with van der Waals surface area (Å²) in [6.45, 7) is 3.01. The van der Waals surface area contributed by atoms with Gasteiger partial charge in [-0.05, 0) is 31.4 Å². The molecule has 166 valence electrons. The molecule has 2 heterocycles. The van der Waals surface area contributed by atoms with Gasteiger partial charge in [0.2, 0.25) is 5.91 Å². The van der Waals surface area contributed by atoms with Crippen LogP contribution in [0.5, 0.6) is 0 Å². The van der Waals surface area contributed by atoms with Crippen molar-refractivity contribution >= 4 is 40.6 Å². The molecule has 1 aliphatic carbocycles. The molecule has 1 aliphatic heterocycles. The Labute approximate surface area is 186 Å². The fraction of sp³-hybridized carbons (Fsp3) is 0.545. The Kier molecular flexibility index (Phi) is 6.50. The van der Waals surface area contributed by atoms with Crippen LogP contribution in [0.2, 0.25) is 0 Å². The van der Waals surface area contributed by atoms with Crippen molar-refractivity contribution in [1.29, 1.82) is 0 Å². The fourth-order valence-electron chi connectivity index (χ4n) is 4.40. The molecule has 4 amide bonds. The maximum Gasteiger partial charge on any atom is 0.344 e. The number of carbonyl (C=O) groups excluding carboxylic acids is 3. The van der Waals surface area contributed by atoms with Crippen molar-refractivity contribution in [3.05, 3.63) is 24.3 Å². The number of aryl methyl sites for hydroxylation is 1. The number of amides is 4. The zero-order valence-electron chi connectivity index (χ0n) is 17.9. The van der Waals surface area contributed by atoms with Crippen LogP contribution in [-0.4, -0.2) is 43.7 Å². The molecule has 0 atom stereocenters. The maximum absolute atomic E-state index is 12.8. The number of urea groups is 1. The second-order valence-electron chi connectivity index (χ2n) is 8.28. The van der Waals surface area contributed by atoms with E-state index in [9.17, 15) is 14.4 Å². The molecule has 1 aromatic carbocycles. The van der Waals surface area contributed by atoms with Gasteiger partial charge in [0.05, 0.1) is 16.8 Å². The molecule has 31 heavy (non-hydrogen) atoms. The molecule has 1 saturated heterocycles. The van der Waals surface area contributed by atoms with Gasteiger partial charge in [0.25, 0.3) is 5.91 Å². The van der Waals surface area contributed by atoms with Crippen molar-refractivity contribution in [3.63, 3.8) is 0 Å². The molecule has 2 fully saturated rings. The number of benzene rings is 1. The van der Waals surface area contributed by atoms with E-state index in [0.717, 1.165) is 66.3 Å². The first-order valence-corrected chi connectivity index (χ1v) is 12.1. The van der Waals surface area contributed by atoms with E-state index >= 15 is 0 Å². The lowest BCUT2D eigenvalue weighted by Gasteiger charge is -2.30. The number of para-hydroxylation sites is 2. The third-order valence-corrected chi connectivity index (χ3v) is 7.02. The largest absolute Gasteiger partial charge is 0.344 e. The second-order valence-corrected chi connectivity index (χ2v) is 9.22. The van der Waals surface area contributed by atoms with Gasteiger partial charge in [0.15, 0.2) is 5.16 Å². The number of imide groups is 1. The van der Waals surface area contributed by atoms with Gasteiger partial charge in [-0.3, -0.25) is 15.0 Å². The average Bonchev–Trinajstić information content (AvgIpc) is 3.23. The summed E-state index contributed by atoms with van der Waals surface area (Å²) >= 11 is 1.32. The predicted octanol–water partition coefficient (Wildman–Crippen LogP) is 3.60. The van der Waals surface area contributed by atoms with Crippen LogP contribution in [0.1, 0.15) is 58.3 Å². The summed E-state index contributed by atoms with van der Waals surface area (Å²) in [6.07, 6.45) is 7.42.